The number of hydrogen-bond donors (Lipinski definition) is 1. The first kappa shape index (κ1) is 15.0. The van der Waals surface area contributed by atoms with Crippen LogP contribution in [0.25, 0.3) is 16.7 Å². The molecule has 1 aliphatic carbocycles. The van der Waals surface area contributed by atoms with Gasteiger partial charge in [-0.3, -0.25) is 9.25 Å². The molecule has 3 aromatic heterocycles. The van der Waals surface area contributed by atoms with Crippen molar-refractivity contribution in [2.75, 3.05) is 5.32 Å². The summed E-state index contributed by atoms with van der Waals surface area (Å²) in [6.45, 7) is 0.523. The highest BCUT2D eigenvalue weighted by atomic mass is 15.3. The van der Waals surface area contributed by atoms with E-state index in [1.807, 2.05) is 25.2 Å². The first-order valence-corrected chi connectivity index (χ1v) is 8.67. The van der Waals surface area contributed by atoms with Crippen LogP contribution in [0, 0.1) is 0 Å². The van der Waals surface area contributed by atoms with Gasteiger partial charge in [0.1, 0.15) is 18.0 Å². The van der Waals surface area contributed by atoms with E-state index in [2.05, 4.69) is 47.3 Å². The first-order chi connectivity index (χ1) is 12.8. The SMILES string of the molecule is Cn1ncc2c(NCc3nnc(C4CC4)n3-c3ccccc3)ncnc21. The summed E-state index contributed by atoms with van der Waals surface area (Å²) in [5.41, 5.74) is 1.89. The number of benzene rings is 1. The summed E-state index contributed by atoms with van der Waals surface area (Å²) in [5, 5.41) is 17.4. The summed E-state index contributed by atoms with van der Waals surface area (Å²) >= 11 is 0. The van der Waals surface area contributed by atoms with Crippen LogP contribution in [0.1, 0.15) is 30.4 Å². The monoisotopic (exact) mass is 346 g/mol. The van der Waals surface area contributed by atoms with Crippen LogP contribution in [0.15, 0.2) is 42.9 Å². The third kappa shape index (κ3) is 2.50. The van der Waals surface area contributed by atoms with E-state index in [9.17, 15) is 0 Å². The van der Waals surface area contributed by atoms with E-state index in [0.29, 0.717) is 12.5 Å². The van der Waals surface area contributed by atoms with E-state index in [1.54, 1.807) is 17.2 Å². The van der Waals surface area contributed by atoms with Crippen molar-refractivity contribution in [1.82, 2.24) is 34.5 Å². The summed E-state index contributed by atoms with van der Waals surface area (Å²) in [6.07, 6.45) is 5.68. The Morgan fingerprint density at radius 3 is 2.77 bits per heavy atom. The molecular weight excluding hydrogens is 328 g/mol. The van der Waals surface area contributed by atoms with Crippen LogP contribution in [-0.2, 0) is 13.6 Å². The van der Waals surface area contributed by atoms with Gasteiger partial charge >= 0.3 is 0 Å². The maximum Gasteiger partial charge on any atom is 0.163 e. The zero-order valence-electron chi connectivity index (χ0n) is 14.4. The van der Waals surface area contributed by atoms with Crippen molar-refractivity contribution in [1.29, 1.82) is 0 Å². The normalized spacial score (nSPS) is 14.0. The van der Waals surface area contributed by atoms with E-state index in [4.69, 9.17) is 0 Å². The van der Waals surface area contributed by atoms with Gasteiger partial charge < -0.3 is 5.32 Å². The Morgan fingerprint density at radius 2 is 1.96 bits per heavy atom. The lowest BCUT2D eigenvalue weighted by Crippen LogP contribution is -2.10. The number of para-hydroxylation sites is 1. The number of nitrogens with one attached hydrogen (secondary N) is 1. The van der Waals surface area contributed by atoms with Gasteiger partial charge in [0.05, 0.1) is 18.1 Å². The molecule has 0 saturated heterocycles. The molecule has 0 bridgehead atoms. The van der Waals surface area contributed by atoms with Crippen molar-refractivity contribution in [2.45, 2.75) is 25.3 Å². The molecule has 26 heavy (non-hydrogen) atoms. The molecule has 1 fully saturated rings. The molecule has 0 aliphatic heterocycles. The summed E-state index contributed by atoms with van der Waals surface area (Å²) in [4.78, 5) is 8.63. The Labute approximate surface area is 149 Å². The second-order valence-corrected chi connectivity index (χ2v) is 6.50. The fourth-order valence-corrected chi connectivity index (χ4v) is 3.17. The Kier molecular flexibility index (Phi) is 3.41. The van der Waals surface area contributed by atoms with Crippen LogP contribution in [0.3, 0.4) is 0 Å². The molecule has 0 spiro atoms. The summed E-state index contributed by atoms with van der Waals surface area (Å²) in [6, 6.07) is 10.3. The number of anilines is 1. The predicted octanol–water partition coefficient (Wildman–Crippen LogP) is 2.43. The lowest BCUT2D eigenvalue weighted by molar-refractivity contribution is 0.785. The van der Waals surface area contributed by atoms with Crippen molar-refractivity contribution in [3.8, 4) is 5.69 Å². The van der Waals surface area contributed by atoms with Crippen molar-refractivity contribution in [3.63, 3.8) is 0 Å². The summed E-state index contributed by atoms with van der Waals surface area (Å²) in [7, 11) is 1.87. The van der Waals surface area contributed by atoms with Gasteiger partial charge in [-0.05, 0) is 25.0 Å². The summed E-state index contributed by atoms with van der Waals surface area (Å²) < 4.78 is 3.90. The largest absolute Gasteiger partial charge is 0.362 e. The minimum Gasteiger partial charge on any atom is -0.362 e. The van der Waals surface area contributed by atoms with Crippen molar-refractivity contribution in [3.05, 3.63) is 54.5 Å². The van der Waals surface area contributed by atoms with Gasteiger partial charge in [0.25, 0.3) is 0 Å². The standard InChI is InChI=1S/C18H18N8/c1-25-18-14(9-22-25)16(20-11-21-18)19-10-15-23-24-17(12-7-8-12)26(15)13-5-3-2-4-6-13/h2-6,9,11-12H,7-8,10H2,1H3,(H,19,20,21). The highest BCUT2D eigenvalue weighted by Crippen LogP contribution is 2.40. The van der Waals surface area contributed by atoms with Gasteiger partial charge in [0, 0.05) is 18.7 Å². The summed E-state index contributed by atoms with van der Waals surface area (Å²) in [5.74, 6) is 3.18. The molecule has 130 valence electrons. The van der Waals surface area contributed by atoms with Crippen LogP contribution in [0.4, 0.5) is 5.82 Å². The fraction of sp³-hybridized carbons (Fsp3) is 0.278. The van der Waals surface area contributed by atoms with Crippen molar-refractivity contribution >= 4 is 16.9 Å². The third-order valence-corrected chi connectivity index (χ3v) is 4.66. The van der Waals surface area contributed by atoms with E-state index in [1.165, 1.54) is 12.8 Å². The molecule has 5 rings (SSSR count). The van der Waals surface area contributed by atoms with Gasteiger partial charge in [0.2, 0.25) is 0 Å². The van der Waals surface area contributed by atoms with Crippen LogP contribution in [0.5, 0.6) is 0 Å². The Balaban J connectivity index is 1.49. The second kappa shape index (κ2) is 5.91. The van der Waals surface area contributed by atoms with E-state index >= 15 is 0 Å². The molecule has 0 amide bonds. The molecule has 1 N–H and O–H groups in total. The maximum absolute atomic E-state index is 4.46. The predicted molar refractivity (Wildman–Crippen MR) is 97.0 cm³/mol. The Morgan fingerprint density at radius 1 is 1.12 bits per heavy atom. The molecule has 1 saturated carbocycles. The number of aromatic nitrogens is 7. The van der Waals surface area contributed by atoms with Crippen molar-refractivity contribution < 1.29 is 0 Å². The molecule has 8 nitrogen and oxygen atoms in total. The third-order valence-electron chi connectivity index (χ3n) is 4.66. The van der Waals surface area contributed by atoms with Crippen molar-refractivity contribution in [2.24, 2.45) is 7.05 Å². The molecule has 8 heteroatoms. The molecule has 0 atom stereocenters. The van der Waals surface area contributed by atoms with E-state index < -0.39 is 0 Å². The van der Waals surface area contributed by atoms with Gasteiger partial charge in [-0.15, -0.1) is 10.2 Å². The first-order valence-electron chi connectivity index (χ1n) is 8.67. The highest BCUT2D eigenvalue weighted by Gasteiger charge is 2.30. The van der Waals surface area contributed by atoms with Crippen LogP contribution in [0.2, 0.25) is 0 Å². The fourth-order valence-electron chi connectivity index (χ4n) is 3.17. The highest BCUT2D eigenvalue weighted by molar-refractivity contribution is 5.85. The average Bonchev–Trinajstić information content (AvgIpc) is 3.33. The topological polar surface area (TPSA) is 86.3 Å². The van der Waals surface area contributed by atoms with Crippen LogP contribution in [-0.4, -0.2) is 34.5 Å². The number of nitrogens with zero attached hydrogens (tertiary/aromatic N) is 7. The second-order valence-electron chi connectivity index (χ2n) is 6.50. The average molecular weight is 346 g/mol. The quantitative estimate of drug-likeness (QED) is 0.597. The van der Waals surface area contributed by atoms with Gasteiger partial charge in [-0.1, -0.05) is 18.2 Å². The van der Waals surface area contributed by atoms with Crippen LogP contribution >= 0.6 is 0 Å². The molecule has 3 heterocycles. The smallest absolute Gasteiger partial charge is 0.163 e. The lowest BCUT2D eigenvalue weighted by Gasteiger charge is -2.11. The van der Waals surface area contributed by atoms with Gasteiger partial charge in [-0.2, -0.15) is 5.10 Å². The van der Waals surface area contributed by atoms with Gasteiger partial charge in [-0.25, -0.2) is 9.97 Å². The lowest BCUT2D eigenvalue weighted by atomic mass is 10.3. The molecule has 1 aliphatic rings. The number of fused-ring (bicyclic) bond motifs is 1. The Bertz CT molecular complexity index is 1060. The zero-order chi connectivity index (χ0) is 17.5. The molecule has 0 unspecified atom stereocenters. The zero-order valence-corrected chi connectivity index (χ0v) is 14.4. The molecule has 0 radical (unpaired) electrons. The van der Waals surface area contributed by atoms with Crippen LogP contribution < -0.4 is 5.32 Å². The molecule has 4 aromatic rings. The maximum atomic E-state index is 4.46. The van der Waals surface area contributed by atoms with E-state index in [0.717, 1.165) is 34.2 Å². The van der Waals surface area contributed by atoms with Gasteiger partial charge in [0.15, 0.2) is 11.5 Å². The minimum absolute atomic E-state index is 0.514. The van der Waals surface area contributed by atoms with E-state index in [-0.39, 0.29) is 0 Å². The number of aryl methyl sites for hydroxylation is 1. The molecular formula is C18H18N8. The Hall–Kier alpha value is -3.29. The molecule has 1 aromatic carbocycles. The number of hydrogen-bond acceptors (Lipinski definition) is 6. The minimum atomic E-state index is 0.514. The number of rotatable bonds is 5.